The number of aromatic carboxylic acids is 1. The zero-order valence-corrected chi connectivity index (χ0v) is 12.2. The number of methoxy groups -OCH3 is 1. The molecule has 0 aromatic heterocycles. The van der Waals surface area contributed by atoms with E-state index in [1.807, 2.05) is 0 Å². The van der Waals surface area contributed by atoms with Crippen molar-refractivity contribution < 1.29 is 29.3 Å². The maximum atomic E-state index is 11.3. The fraction of sp³-hybridized carbons (Fsp3) is 0.333. The van der Waals surface area contributed by atoms with Gasteiger partial charge in [-0.2, -0.15) is 0 Å². The standard InChI is InChI=1S/C15H17NO6/c1-9(15(20)12(21-2)7-13(17)22-15)8-16-11-5-3-10(4-6-11)14(18)19/h3-7,9,16,20H,8H2,1-2H3,(H,18,19)/t9-,15+/m0/s1. The number of hydrogen-bond donors (Lipinski definition) is 3. The number of hydrogen-bond acceptors (Lipinski definition) is 6. The van der Waals surface area contributed by atoms with E-state index in [2.05, 4.69) is 5.32 Å². The van der Waals surface area contributed by atoms with E-state index in [9.17, 15) is 14.7 Å². The number of ether oxygens (including phenoxy) is 2. The van der Waals surface area contributed by atoms with Crippen molar-refractivity contribution in [3.05, 3.63) is 41.7 Å². The fourth-order valence-corrected chi connectivity index (χ4v) is 2.13. The highest BCUT2D eigenvalue weighted by Crippen LogP contribution is 2.33. The summed E-state index contributed by atoms with van der Waals surface area (Å²) in [6.45, 7) is 1.99. The highest BCUT2D eigenvalue weighted by atomic mass is 16.7. The molecule has 0 fully saturated rings. The predicted octanol–water partition coefficient (Wildman–Crippen LogP) is 1.21. The molecule has 1 aromatic rings. The Balaban J connectivity index is 2.00. The molecule has 1 aliphatic heterocycles. The van der Waals surface area contributed by atoms with Crippen LogP contribution < -0.4 is 5.32 Å². The van der Waals surface area contributed by atoms with Crippen LogP contribution in [0, 0.1) is 5.92 Å². The monoisotopic (exact) mass is 307 g/mol. The van der Waals surface area contributed by atoms with Crippen LogP contribution in [0.2, 0.25) is 0 Å². The second-order valence-electron chi connectivity index (χ2n) is 4.99. The van der Waals surface area contributed by atoms with Crippen molar-refractivity contribution in [3.63, 3.8) is 0 Å². The molecule has 1 heterocycles. The molecule has 0 unspecified atom stereocenters. The van der Waals surface area contributed by atoms with Gasteiger partial charge in [-0.15, -0.1) is 0 Å². The number of cyclic esters (lactones) is 1. The van der Waals surface area contributed by atoms with Gasteiger partial charge < -0.3 is 25.0 Å². The Kier molecular flexibility index (Phi) is 4.37. The van der Waals surface area contributed by atoms with E-state index in [-0.39, 0.29) is 17.9 Å². The van der Waals surface area contributed by atoms with E-state index in [4.69, 9.17) is 14.6 Å². The van der Waals surface area contributed by atoms with Crippen molar-refractivity contribution in [1.29, 1.82) is 0 Å². The summed E-state index contributed by atoms with van der Waals surface area (Å²) >= 11 is 0. The maximum absolute atomic E-state index is 11.3. The minimum Gasteiger partial charge on any atom is -0.494 e. The average molecular weight is 307 g/mol. The third kappa shape index (κ3) is 3.04. The van der Waals surface area contributed by atoms with Gasteiger partial charge in [0.1, 0.15) is 0 Å². The molecule has 0 aliphatic carbocycles. The first-order valence-corrected chi connectivity index (χ1v) is 6.65. The number of rotatable bonds is 6. The van der Waals surface area contributed by atoms with Gasteiger partial charge in [-0.1, -0.05) is 6.92 Å². The number of benzene rings is 1. The molecule has 22 heavy (non-hydrogen) atoms. The second-order valence-corrected chi connectivity index (χ2v) is 4.99. The van der Waals surface area contributed by atoms with E-state index in [0.717, 1.165) is 6.08 Å². The summed E-state index contributed by atoms with van der Waals surface area (Å²) in [4.78, 5) is 22.1. The molecule has 118 valence electrons. The fourth-order valence-electron chi connectivity index (χ4n) is 2.13. The van der Waals surface area contributed by atoms with Crippen molar-refractivity contribution >= 4 is 17.6 Å². The normalized spacial score (nSPS) is 21.8. The second kappa shape index (κ2) is 6.07. The molecule has 0 amide bonds. The molecule has 7 heteroatoms. The van der Waals surface area contributed by atoms with Gasteiger partial charge in [-0.3, -0.25) is 0 Å². The van der Waals surface area contributed by atoms with Gasteiger partial charge in [0.15, 0.2) is 5.76 Å². The number of carbonyl (C=O) groups is 2. The topological polar surface area (TPSA) is 105 Å². The van der Waals surface area contributed by atoms with Gasteiger partial charge in [-0.05, 0) is 24.3 Å². The maximum Gasteiger partial charge on any atom is 0.337 e. The van der Waals surface area contributed by atoms with Gasteiger partial charge >= 0.3 is 11.9 Å². The van der Waals surface area contributed by atoms with Gasteiger partial charge in [0.05, 0.1) is 18.7 Å². The summed E-state index contributed by atoms with van der Waals surface area (Å²) < 4.78 is 9.92. The molecular formula is C15H17NO6. The summed E-state index contributed by atoms with van der Waals surface area (Å²) in [5.41, 5.74) is 0.874. The Hall–Kier alpha value is -2.54. The first-order chi connectivity index (χ1) is 10.4. The Morgan fingerprint density at radius 2 is 2.05 bits per heavy atom. The van der Waals surface area contributed by atoms with Crippen molar-refractivity contribution in [3.8, 4) is 0 Å². The van der Waals surface area contributed by atoms with Crippen molar-refractivity contribution in [2.24, 2.45) is 5.92 Å². The zero-order valence-electron chi connectivity index (χ0n) is 12.2. The van der Waals surface area contributed by atoms with Crippen LogP contribution in [0.4, 0.5) is 5.69 Å². The number of carbonyl (C=O) groups excluding carboxylic acids is 1. The number of esters is 1. The van der Waals surface area contributed by atoms with E-state index in [1.54, 1.807) is 19.1 Å². The molecule has 1 aromatic carbocycles. The zero-order chi connectivity index (χ0) is 16.3. The number of carboxylic acid groups (broad SMARTS) is 1. The molecule has 2 rings (SSSR count). The summed E-state index contributed by atoms with van der Waals surface area (Å²) in [5.74, 6) is -3.88. The quantitative estimate of drug-likeness (QED) is 0.678. The average Bonchev–Trinajstić information content (AvgIpc) is 2.80. The van der Waals surface area contributed by atoms with Crippen LogP contribution in [0.1, 0.15) is 17.3 Å². The Labute approximate surface area is 127 Å². The van der Waals surface area contributed by atoms with Gasteiger partial charge in [-0.25, -0.2) is 9.59 Å². The Morgan fingerprint density at radius 3 is 2.59 bits per heavy atom. The summed E-state index contributed by atoms with van der Waals surface area (Å²) in [6.07, 6.45) is 1.11. The summed E-state index contributed by atoms with van der Waals surface area (Å²) in [5, 5.41) is 22.3. The van der Waals surface area contributed by atoms with Crippen molar-refractivity contribution in [2.75, 3.05) is 19.0 Å². The number of nitrogens with one attached hydrogen (secondary N) is 1. The van der Waals surface area contributed by atoms with E-state index in [1.165, 1.54) is 19.2 Å². The van der Waals surface area contributed by atoms with Gasteiger partial charge in [0.25, 0.3) is 5.79 Å². The van der Waals surface area contributed by atoms with Crippen LogP contribution in [-0.4, -0.2) is 41.6 Å². The first kappa shape index (κ1) is 15.8. The lowest BCUT2D eigenvalue weighted by Gasteiger charge is -2.30. The lowest BCUT2D eigenvalue weighted by Crippen LogP contribution is -2.42. The minimum absolute atomic E-state index is 0.0630. The first-order valence-electron chi connectivity index (χ1n) is 6.65. The van der Waals surface area contributed by atoms with E-state index < -0.39 is 23.6 Å². The molecule has 0 bridgehead atoms. The van der Waals surface area contributed by atoms with Crippen LogP contribution in [0.25, 0.3) is 0 Å². The molecule has 7 nitrogen and oxygen atoms in total. The summed E-state index contributed by atoms with van der Waals surface area (Å²) in [7, 11) is 1.35. The predicted molar refractivity (Wildman–Crippen MR) is 77.2 cm³/mol. The van der Waals surface area contributed by atoms with E-state index >= 15 is 0 Å². The van der Waals surface area contributed by atoms with Crippen LogP contribution >= 0.6 is 0 Å². The SMILES string of the molecule is COC1=CC(=O)O[C@]1(O)[C@@H](C)CNc1ccc(C(=O)O)cc1. The lowest BCUT2D eigenvalue weighted by molar-refractivity contribution is -0.207. The van der Waals surface area contributed by atoms with Crippen LogP contribution in [-0.2, 0) is 14.3 Å². The molecule has 2 atom stereocenters. The highest BCUT2D eigenvalue weighted by molar-refractivity contribution is 5.88. The number of aliphatic hydroxyl groups is 1. The Morgan fingerprint density at radius 1 is 1.41 bits per heavy atom. The van der Waals surface area contributed by atoms with Gasteiger partial charge in [0.2, 0.25) is 0 Å². The Bertz CT molecular complexity index is 609. The minimum atomic E-state index is -1.81. The van der Waals surface area contributed by atoms with Gasteiger partial charge in [0, 0.05) is 18.2 Å². The van der Waals surface area contributed by atoms with Crippen molar-refractivity contribution in [1.82, 2.24) is 0 Å². The third-order valence-electron chi connectivity index (χ3n) is 3.49. The highest BCUT2D eigenvalue weighted by Gasteiger charge is 2.47. The third-order valence-corrected chi connectivity index (χ3v) is 3.49. The molecular weight excluding hydrogens is 290 g/mol. The van der Waals surface area contributed by atoms with Crippen LogP contribution in [0.3, 0.4) is 0 Å². The molecule has 0 saturated heterocycles. The lowest BCUT2D eigenvalue weighted by atomic mass is 9.99. The number of anilines is 1. The van der Waals surface area contributed by atoms with E-state index in [0.29, 0.717) is 5.69 Å². The summed E-state index contributed by atoms with van der Waals surface area (Å²) in [6, 6.07) is 6.18. The van der Waals surface area contributed by atoms with Crippen LogP contribution in [0.15, 0.2) is 36.1 Å². The molecule has 0 saturated carbocycles. The molecule has 1 aliphatic rings. The largest absolute Gasteiger partial charge is 0.494 e. The smallest absolute Gasteiger partial charge is 0.337 e. The molecule has 0 radical (unpaired) electrons. The molecule has 0 spiro atoms. The molecule has 3 N–H and O–H groups in total. The van der Waals surface area contributed by atoms with Crippen molar-refractivity contribution in [2.45, 2.75) is 12.7 Å². The number of carboxylic acids is 1. The van der Waals surface area contributed by atoms with Crippen LogP contribution in [0.5, 0.6) is 0 Å².